The first kappa shape index (κ1) is 15.4. The normalized spacial score (nSPS) is 15.2. The molecule has 0 unspecified atom stereocenters. The van der Waals surface area contributed by atoms with E-state index in [1.54, 1.807) is 20.3 Å². The van der Waals surface area contributed by atoms with Crippen molar-refractivity contribution in [2.24, 2.45) is 5.73 Å². The van der Waals surface area contributed by atoms with E-state index in [0.29, 0.717) is 24.5 Å². The lowest BCUT2D eigenvalue weighted by molar-refractivity contribution is -0.123. The van der Waals surface area contributed by atoms with Crippen molar-refractivity contribution >= 4 is 5.91 Å². The molecule has 1 amide bonds. The smallest absolute Gasteiger partial charge is 0.240 e. The van der Waals surface area contributed by atoms with Gasteiger partial charge in [-0.25, -0.2) is 0 Å². The average molecular weight is 290 g/mol. The maximum Gasteiger partial charge on any atom is 0.240 e. The molecule has 1 saturated carbocycles. The van der Waals surface area contributed by atoms with E-state index in [-0.39, 0.29) is 5.91 Å². The van der Waals surface area contributed by atoms with E-state index in [9.17, 15) is 4.79 Å². The summed E-state index contributed by atoms with van der Waals surface area (Å²) in [5.74, 6) is 1.25. The number of nitrogens with two attached hydrogens (primary N) is 1. The van der Waals surface area contributed by atoms with Gasteiger partial charge in [-0.1, -0.05) is 6.08 Å². The summed E-state index contributed by atoms with van der Waals surface area (Å²) in [4.78, 5) is 11.9. The van der Waals surface area contributed by atoms with E-state index in [0.717, 1.165) is 24.0 Å². The Morgan fingerprint density at radius 3 is 2.67 bits per heavy atom. The van der Waals surface area contributed by atoms with Crippen LogP contribution in [0, 0.1) is 0 Å². The second kappa shape index (κ2) is 6.18. The van der Waals surface area contributed by atoms with Crippen molar-refractivity contribution in [1.29, 1.82) is 0 Å². The SMILES string of the molecule is C=CCc1cc(CNC(=O)C2(N)CC2)cc(OC)c1OC. The van der Waals surface area contributed by atoms with Crippen molar-refractivity contribution in [2.75, 3.05) is 14.2 Å². The Morgan fingerprint density at radius 2 is 2.14 bits per heavy atom. The Morgan fingerprint density at radius 1 is 1.43 bits per heavy atom. The van der Waals surface area contributed by atoms with Crippen LogP contribution in [0.1, 0.15) is 24.0 Å². The zero-order chi connectivity index (χ0) is 15.5. The van der Waals surface area contributed by atoms with E-state index in [2.05, 4.69) is 11.9 Å². The highest BCUT2D eigenvalue weighted by atomic mass is 16.5. The van der Waals surface area contributed by atoms with Gasteiger partial charge in [-0.15, -0.1) is 6.58 Å². The second-order valence-corrected chi connectivity index (χ2v) is 5.32. The largest absolute Gasteiger partial charge is 0.493 e. The molecule has 0 spiro atoms. The third-order valence-electron chi connectivity index (χ3n) is 3.67. The number of nitrogens with one attached hydrogen (secondary N) is 1. The monoisotopic (exact) mass is 290 g/mol. The molecule has 0 aromatic heterocycles. The first-order valence-electron chi connectivity index (χ1n) is 6.96. The summed E-state index contributed by atoms with van der Waals surface area (Å²) in [6, 6.07) is 3.85. The quantitative estimate of drug-likeness (QED) is 0.747. The molecular weight excluding hydrogens is 268 g/mol. The summed E-state index contributed by atoms with van der Waals surface area (Å²) in [5.41, 5.74) is 7.13. The third-order valence-corrected chi connectivity index (χ3v) is 3.67. The molecule has 1 aliphatic carbocycles. The molecular formula is C16H22N2O3. The lowest BCUT2D eigenvalue weighted by Crippen LogP contribution is -2.42. The van der Waals surface area contributed by atoms with Crippen molar-refractivity contribution in [3.63, 3.8) is 0 Å². The van der Waals surface area contributed by atoms with Gasteiger partial charge in [-0.05, 0) is 37.0 Å². The maximum absolute atomic E-state index is 11.9. The zero-order valence-corrected chi connectivity index (χ0v) is 12.6. The van der Waals surface area contributed by atoms with Gasteiger partial charge in [-0.3, -0.25) is 4.79 Å². The van der Waals surface area contributed by atoms with Crippen LogP contribution in [0.3, 0.4) is 0 Å². The molecule has 0 atom stereocenters. The topological polar surface area (TPSA) is 73.6 Å². The fourth-order valence-corrected chi connectivity index (χ4v) is 2.24. The van der Waals surface area contributed by atoms with Gasteiger partial charge in [0.2, 0.25) is 5.91 Å². The second-order valence-electron chi connectivity index (χ2n) is 5.32. The van der Waals surface area contributed by atoms with Gasteiger partial charge < -0.3 is 20.5 Å². The van der Waals surface area contributed by atoms with Crippen molar-refractivity contribution in [3.8, 4) is 11.5 Å². The van der Waals surface area contributed by atoms with Crippen LogP contribution in [-0.4, -0.2) is 25.7 Å². The van der Waals surface area contributed by atoms with Crippen molar-refractivity contribution in [1.82, 2.24) is 5.32 Å². The highest BCUT2D eigenvalue weighted by Crippen LogP contribution is 2.34. The molecule has 0 aliphatic heterocycles. The number of rotatable bonds is 7. The van der Waals surface area contributed by atoms with Crippen LogP contribution >= 0.6 is 0 Å². The van der Waals surface area contributed by atoms with E-state index < -0.39 is 5.54 Å². The minimum absolute atomic E-state index is 0.0949. The number of carbonyl (C=O) groups is 1. The van der Waals surface area contributed by atoms with Gasteiger partial charge >= 0.3 is 0 Å². The van der Waals surface area contributed by atoms with E-state index in [1.807, 2.05) is 12.1 Å². The fraction of sp³-hybridized carbons (Fsp3) is 0.438. The Hall–Kier alpha value is -2.01. The molecule has 5 nitrogen and oxygen atoms in total. The molecule has 114 valence electrons. The fourth-order valence-electron chi connectivity index (χ4n) is 2.24. The standard InChI is InChI=1S/C16H22N2O3/c1-4-5-12-8-11(9-13(20-2)14(12)21-3)10-18-15(19)16(17)6-7-16/h4,8-9H,1,5-7,10,17H2,2-3H3,(H,18,19). The molecule has 21 heavy (non-hydrogen) atoms. The average Bonchev–Trinajstić information content (AvgIpc) is 3.23. The molecule has 0 radical (unpaired) electrons. The molecule has 0 heterocycles. The Kier molecular flexibility index (Phi) is 4.53. The predicted molar refractivity (Wildman–Crippen MR) is 81.4 cm³/mol. The summed E-state index contributed by atoms with van der Waals surface area (Å²) in [6.07, 6.45) is 3.99. The van der Waals surface area contributed by atoms with Crippen LogP contribution in [0.5, 0.6) is 11.5 Å². The number of ether oxygens (including phenoxy) is 2. The Labute approximate surface area is 125 Å². The molecule has 3 N–H and O–H groups in total. The third kappa shape index (κ3) is 3.36. The summed E-state index contributed by atoms with van der Waals surface area (Å²) in [6.45, 7) is 4.17. The minimum Gasteiger partial charge on any atom is -0.493 e. The number of benzene rings is 1. The molecule has 1 aliphatic rings. The Bertz CT molecular complexity index is 551. The summed E-state index contributed by atoms with van der Waals surface area (Å²) < 4.78 is 10.7. The van der Waals surface area contributed by atoms with Crippen molar-refractivity contribution < 1.29 is 14.3 Å². The summed E-state index contributed by atoms with van der Waals surface area (Å²) in [5, 5.41) is 2.87. The van der Waals surface area contributed by atoms with Crippen molar-refractivity contribution in [2.45, 2.75) is 31.3 Å². The maximum atomic E-state index is 11.9. The molecule has 1 aromatic rings. The van der Waals surface area contributed by atoms with Gasteiger partial charge in [0.25, 0.3) is 0 Å². The lowest BCUT2D eigenvalue weighted by atomic mass is 10.1. The highest BCUT2D eigenvalue weighted by Gasteiger charge is 2.45. The summed E-state index contributed by atoms with van der Waals surface area (Å²) in [7, 11) is 3.20. The van der Waals surface area contributed by atoms with Crippen LogP contribution in [-0.2, 0) is 17.8 Å². The number of methoxy groups -OCH3 is 2. The lowest BCUT2D eigenvalue weighted by Gasteiger charge is -2.15. The van der Waals surface area contributed by atoms with Crippen molar-refractivity contribution in [3.05, 3.63) is 35.9 Å². The molecule has 2 rings (SSSR count). The minimum atomic E-state index is -0.652. The first-order chi connectivity index (χ1) is 10.0. The number of hydrogen-bond donors (Lipinski definition) is 2. The highest BCUT2D eigenvalue weighted by molar-refractivity contribution is 5.88. The van der Waals surface area contributed by atoms with E-state index in [4.69, 9.17) is 15.2 Å². The van der Waals surface area contributed by atoms with Crippen LogP contribution in [0.2, 0.25) is 0 Å². The van der Waals surface area contributed by atoms with Gasteiger partial charge in [0.1, 0.15) is 0 Å². The van der Waals surface area contributed by atoms with E-state index >= 15 is 0 Å². The van der Waals surface area contributed by atoms with Crippen LogP contribution in [0.15, 0.2) is 24.8 Å². The van der Waals surface area contributed by atoms with Gasteiger partial charge in [0, 0.05) is 12.1 Å². The van der Waals surface area contributed by atoms with Gasteiger partial charge in [-0.2, -0.15) is 0 Å². The van der Waals surface area contributed by atoms with Gasteiger partial charge in [0.15, 0.2) is 11.5 Å². The van der Waals surface area contributed by atoms with Crippen LogP contribution in [0.25, 0.3) is 0 Å². The molecule has 0 bridgehead atoms. The van der Waals surface area contributed by atoms with Crippen LogP contribution < -0.4 is 20.5 Å². The molecule has 1 aromatic carbocycles. The number of carbonyl (C=O) groups excluding carboxylic acids is 1. The molecule has 1 fully saturated rings. The summed E-state index contributed by atoms with van der Waals surface area (Å²) >= 11 is 0. The number of amides is 1. The van der Waals surface area contributed by atoms with Gasteiger partial charge in [0.05, 0.1) is 19.8 Å². The van der Waals surface area contributed by atoms with Crippen LogP contribution in [0.4, 0.5) is 0 Å². The van der Waals surface area contributed by atoms with E-state index in [1.165, 1.54) is 0 Å². The predicted octanol–water partition coefficient (Wildman–Crippen LogP) is 1.54. The molecule has 0 saturated heterocycles. The molecule has 5 heteroatoms. The Balaban J connectivity index is 2.16. The zero-order valence-electron chi connectivity index (χ0n) is 12.6. The first-order valence-corrected chi connectivity index (χ1v) is 6.96. The number of hydrogen-bond acceptors (Lipinski definition) is 4. The number of allylic oxidation sites excluding steroid dienone is 1.